The van der Waals surface area contributed by atoms with Crippen molar-refractivity contribution in [3.05, 3.63) is 63.1 Å². The third kappa shape index (κ3) is 6.87. The lowest BCUT2D eigenvalue weighted by Gasteiger charge is -2.29. The molecular weight excluding hydrogens is 481 g/mol. The highest BCUT2D eigenvalue weighted by atomic mass is 35.5. The predicted molar refractivity (Wildman–Crippen MR) is 134 cm³/mol. The number of sulfone groups is 1. The molecule has 1 aliphatic heterocycles. The fraction of sp³-hybridized carbons (Fsp3) is 0.480. The van der Waals surface area contributed by atoms with Gasteiger partial charge >= 0.3 is 0 Å². The van der Waals surface area contributed by atoms with E-state index in [0.29, 0.717) is 30.9 Å². The molecule has 0 aliphatic carbocycles. The fourth-order valence-corrected chi connectivity index (χ4v) is 6.31. The van der Waals surface area contributed by atoms with Crippen LogP contribution in [-0.4, -0.2) is 43.4 Å². The summed E-state index contributed by atoms with van der Waals surface area (Å²) in [6.07, 6.45) is 4.36. The number of amides is 1. The summed E-state index contributed by atoms with van der Waals surface area (Å²) in [6.45, 7) is 5.01. The third-order valence-corrected chi connectivity index (χ3v) is 8.25. The van der Waals surface area contributed by atoms with E-state index in [-0.39, 0.29) is 27.5 Å². The first kappa shape index (κ1) is 25.9. The van der Waals surface area contributed by atoms with E-state index in [1.165, 1.54) is 5.56 Å². The molecule has 0 bridgehead atoms. The lowest BCUT2D eigenvalue weighted by atomic mass is 10.1. The molecule has 1 unspecified atom stereocenters. The van der Waals surface area contributed by atoms with Crippen LogP contribution in [0.4, 0.5) is 0 Å². The Labute approximate surface area is 206 Å². The molecule has 1 aliphatic rings. The number of aryl methyl sites for hydroxylation is 1. The molecule has 3 rings (SSSR count). The Morgan fingerprint density at radius 3 is 2.24 bits per heavy atom. The molecule has 180 valence electrons. The lowest BCUT2D eigenvalue weighted by Crippen LogP contribution is -2.40. The Morgan fingerprint density at radius 2 is 1.70 bits per heavy atom. The quantitative estimate of drug-likeness (QED) is 0.369. The maximum Gasteiger partial charge on any atom is 0.254 e. The normalized spacial score (nSPS) is 17.2. The van der Waals surface area contributed by atoms with Gasteiger partial charge in [0, 0.05) is 18.2 Å². The summed E-state index contributed by atoms with van der Waals surface area (Å²) in [6, 6.07) is 10.7. The predicted octanol–water partition coefficient (Wildman–Crippen LogP) is 5.95. The highest BCUT2D eigenvalue weighted by Crippen LogP contribution is 2.35. The molecule has 1 amide bonds. The van der Waals surface area contributed by atoms with Crippen LogP contribution in [0.1, 0.15) is 61.0 Å². The molecule has 2 aromatic carbocycles. The summed E-state index contributed by atoms with van der Waals surface area (Å²) in [4.78, 5) is 15.2. The van der Waals surface area contributed by atoms with Crippen LogP contribution in [0.5, 0.6) is 5.75 Å². The van der Waals surface area contributed by atoms with Crippen LogP contribution in [0.2, 0.25) is 10.0 Å². The van der Waals surface area contributed by atoms with E-state index >= 15 is 0 Å². The fourth-order valence-electron chi connectivity index (χ4n) is 3.98. The molecule has 1 heterocycles. The number of carbonyl (C=O) groups excluding carboxylic acids is 1. The van der Waals surface area contributed by atoms with Crippen molar-refractivity contribution in [1.29, 1.82) is 0 Å². The van der Waals surface area contributed by atoms with Crippen molar-refractivity contribution in [1.82, 2.24) is 4.90 Å². The SMILES string of the molecule is CCCCCOc1c(Cl)cc(C(=O)N(Cc2ccc(CC)cc2)C2CCS(=O)(=O)C2)cc1Cl. The Morgan fingerprint density at radius 1 is 1.06 bits per heavy atom. The average molecular weight is 512 g/mol. The molecule has 0 saturated carbocycles. The van der Waals surface area contributed by atoms with Gasteiger partial charge in [-0.05, 0) is 42.5 Å². The van der Waals surface area contributed by atoms with Crippen LogP contribution in [0.25, 0.3) is 0 Å². The molecule has 0 N–H and O–H groups in total. The first-order valence-electron chi connectivity index (χ1n) is 11.4. The van der Waals surface area contributed by atoms with Gasteiger partial charge in [-0.2, -0.15) is 0 Å². The Bertz CT molecular complexity index is 1050. The average Bonchev–Trinajstić information content (AvgIpc) is 3.15. The summed E-state index contributed by atoms with van der Waals surface area (Å²) in [5.74, 6) is 0.128. The van der Waals surface area contributed by atoms with E-state index < -0.39 is 15.9 Å². The van der Waals surface area contributed by atoms with E-state index in [1.54, 1.807) is 17.0 Å². The number of hydrogen-bond donors (Lipinski definition) is 0. The van der Waals surface area contributed by atoms with Gasteiger partial charge in [-0.3, -0.25) is 4.79 Å². The lowest BCUT2D eigenvalue weighted by molar-refractivity contribution is 0.0681. The van der Waals surface area contributed by atoms with E-state index in [1.807, 2.05) is 24.3 Å². The number of benzene rings is 2. The summed E-state index contributed by atoms with van der Waals surface area (Å²) in [7, 11) is -3.16. The first-order chi connectivity index (χ1) is 15.7. The maximum atomic E-state index is 13.6. The minimum atomic E-state index is -3.16. The minimum Gasteiger partial charge on any atom is -0.490 e. The number of ether oxygens (including phenoxy) is 1. The van der Waals surface area contributed by atoms with E-state index in [9.17, 15) is 13.2 Å². The van der Waals surface area contributed by atoms with Gasteiger partial charge in [0.25, 0.3) is 5.91 Å². The number of hydrogen-bond acceptors (Lipinski definition) is 4. The van der Waals surface area contributed by atoms with Crippen LogP contribution < -0.4 is 4.74 Å². The van der Waals surface area contributed by atoms with Gasteiger partial charge in [-0.25, -0.2) is 8.42 Å². The van der Waals surface area contributed by atoms with Crippen LogP contribution >= 0.6 is 23.2 Å². The summed E-state index contributed by atoms with van der Waals surface area (Å²) >= 11 is 12.8. The Balaban J connectivity index is 1.85. The molecule has 1 fully saturated rings. The largest absolute Gasteiger partial charge is 0.490 e. The molecule has 0 spiro atoms. The van der Waals surface area contributed by atoms with Crippen molar-refractivity contribution < 1.29 is 17.9 Å². The molecule has 8 heteroatoms. The van der Waals surface area contributed by atoms with Crippen molar-refractivity contribution in [2.24, 2.45) is 0 Å². The molecule has 0 radical (unpaired) electrons. The summed E-state index contributed by atoms with van der Waals surface area (Å²) in [5.41, 5.74) is 2.46. The molecule has 5 nitrogen and oxygen atoms in total. The summed E-state index contributed by atoms with van der Waals surface area (Å²) in [5, 5.41) is 0.544. The van der Waals surface area contributed by atoms with Crippen molar-refractivity contribution >= 4 is 38.9 Å². The second-order valence-corrected chi connectivity index (χ2v) is 11.5. The molecule has 0 aromatic heterocycles. The van der Waals surface area contributed by atoms with Gasteiger partial charge in [0.2, 0.25) is 0 Å². The zero-order chi connectivity index (χ0) is 24.0. The van der Waals surface area contributed by atoms with Gasteiger partial charge in [0.15, 0.2) is 15.6 Å². The Hall–Kier alpha value is -1.76. The van der Waals surface area contributed by atoms with Gasteiger partial charge < -0.3 is 9.64 Å². The van der Waals surface area contributed by atoms with E-state index in [4.69, 9.17) is 27.9 Å². The highest BCUT2D eigenvalue weighted by molar-refractivity contribution is 7.91. The van der Waals surface area contributed by atoms with E-state index in [2.05, 4.69) is 13.8 Å². The number of halogens is 2. The van der Waals surface area contributed by atoms with Crippen LogP contribution in [0.15, 0.2) is 36.4 Å². The number of nitrogens with zero attached hydrogens (tertiary/aromatic N) is 1. The molecule has 2 aromatic rings. The van der Waals surface area contributed by atoms with Crippen LogP contribution in [0.3, 0.4) is 0 Å². The Kier molecular flexibility index (Phi) is 9.08. The van der Waals surface area contributed by atoms with Crippen molar-refractivity contribution in [3.63, 3.8) is 0 Å². The maximum absolute atomic E-state index is 13.6. The molecule has 33 heavy (non-hydrogen) atoms. The number of rotatable bonds is 10. The van der Waals surface area contributed by atoms with Gasteiger partial charge in [-0.15, -0.1) is 0 Å². The van der Waals surface area contributed by atoms with Gasteiger partial charge in [0.1, 0.15) is 0 Å². The van der Waals surface area contributed by atoms with Gasteiger partial charge in [0.05, 0.1) is 28.2 Å². The second-order valence-electron chi connectivity index (χ2n) is 8.48. The number of carbonyl (C=O) groups is 1. The molecular formula is C25H31Cl2NO4S. The van der Waals surface area contributed by atoms with Crippen molar-refractivity contribution in [3.8, 4) is 5.75 Å². The molecule has 1 saturated heterocycles. The zero-order valence-electron chi connectivity index (χ0n) is 19.1. The molecule has 1 atom stereocenters. The third-order valence-electron chi connectivity index (χ3n) is 5.93. The topological polar surface area (TPSA) is 63.7 Å². The van der Waals surface area contributed by atoms with Gasteiger partial charge in [-0.1, -0.05) is 74.2 Å². The first-order valence-corrected chi connectivity index (χ1v) is 14.0. The standard InChI is InChI=1S/C25H31Cl2NO4S/c1-3-5-6-12-32-24-22(26)14-20(15-23(24)27)25(29)28(21-11-13-33(30,31)17-21)16-19-9-7-18(4-2)8-10-19/h7-10,14-15,21H,3-6,11-13,16-17H2,1-2H3. The zero-order valence-corrected chi connectivity index (χ0v) is 21.5. The summed E-state index contributed by atoms with van der Waals surface area (Å²) < 4.78 is 30.0. The highest BCUT2D eigenvalue weighted by Gasteiger charge is 2.35. The smallest absolute Gasteiger partial charge is 0.254 e. The minimum absolute atomic E-state index is 0.0358. The van der Waals surface area contributed by atoms with E-state index in [0.717, 1.165) is 31.2 Å². The second kappa shape index (κ2) is 11.6. The number of unbranched alkanes of at least 4 members (excludes halogenated alkanes) is 2. The van der Waals surface area contributed by atoms with Crippen LogP contribution in [0, 0.1) is 0 Å². The van der Waals surface area contributed by atoms with Crippen molar-refractivity contribution in [2.45, 2.75) is 58.5 Å². The monoisotopic (exact) mass is 511 g/mol. The van der Waals surface area contributed by atoms with Crippen molar-refractivity contribution in [2.75, 3.05) is 18.1 Å². The van der Waals surface area contributed by atoms with Crippen LogP contribution in [-0.2, 0) is 22.8 Å².